The zero-order valence-electron chi connectivity index (χ0n) is 10.8. The zero-order valence-corrected chi connectivity index (χ0v) is 10.8. The van der Waals surface area contributed by atoms with Crippen LogP contribution in [0.4, 0.5) is 4.79 Å². The van der Waals surface area contributed by atoms with Gasteiger partial charge in [-0.2, -0.15) is 0 Å². The molecule has 1 fully saturated rings. The fourth-order valence-corrected chi connectivity index (χ4v) is 1.18. The normalized spacial score (nSPS) is 16.8. The van der Waals surface area contributed by atoms with Crippen molar-refractivity contribution in [1.29, 1.82) is 0 Å². The molecule has 18 heavy (non-hydrogen) atoms. The predicted molar refractivity (Wildman–Crippen MR) is 55.9 cm³/mol. The Kier molecular flexibility index (Phi) is 3.52. The molecule has 0 saturated carbocycles. The first-order chi connectivity index (χ1) is 8.19. The van der Waals surface area contributed by atoms with Gasteiger partial charge in [0.05, 0.1) is 14.2 Å². The first-order valence-electron chi connectivity index (χ1n) is 5.08. The van der Waals surface area contributed by atoms with Gasteiger partial charge in [0, 0.05) is 0 Å². The summed E-state index contributed by atoms with van der Waals surface area (Å²) in [5, 5.41) is 0.482. The van der Waals surface area contributed by atoms with Gasteiger partial charge in [0.1, 0.15) is 5.60 Å². The minimum atomic E-state index is -2.19. The van der Waals surface area contributed by atoms with E-state index in [0.717, 1.165) is 14.2 Å². The molecule has 0 radical (unpaired) electrons. The molecule has 0 aromatic heterocycles. The first-order valence-corrected chi connectivity index (χ1v) is 5.08. The van der Waals surface area contributed by atoms with Gasteiger partial charge in [0.25, 0.3) is 0 Å². The van der Waals surface area contributed by atoms with Gasteiger partial charge in [-0.05, 0) is 20.8 Å². The van der Waals surface area contributed by atoms with Crippen molar-refractivity contribution in [2.24, 2.45) is 0 Å². The maximum absolute atomic E-state index is 11.6. The van der Waals surface area contributed by atoms with Crippen LogP contribution in [0.5, 0.6) is 0 Å². The highest BCUT2D eigenvalue weighted by atomic mass is 16.9. The monoisotopic (exact) mass is 261 g/mol. The Morgan fingerprint density at radius 3 is 1.83 bits per heavy atom. The summed E-state index contributed by atoms with van der Waals surface area (Å²) in [5.74, 6) is -2.11. The van der Waals surface area contributed by atoms with Crippen LogP contribution in [-0.2, 0) is 28.6 Å². The number of hydrogen-bond acceptors (Lipinski definition) is 7. The van der Waals surface area contributed by atoms with Gasteiger partial charge in [-0.25, -0.2) is 19.2 Å². The average Bonchev–Trinajstić information content (AvgIpc) is 3.01. The van der Waals surface area contributed by atoms with Crippen molar-refractivity contribution < 1.29 is 33.4 Å². The number of nitrogens with zero attached hydrogens (tertiary/aromatic N) is 1. The molecule has 0 aromatic rings. The van der Waals surface area contributed by atoms with E-state index in [1.54, 1.807) is 20.8 Å². The van der Waals surface area contributed by atoms with Gasteiger partial charge in [-0.15, -0.1) is 5.06 Å². The largest absolute Gasteiger partial charge is 0.465 e. The number of hydroxylamine groups is 2. The molecule has 0 bridgehead atoms. The van der Waals surface area contributed by atoms with E-state index in [-0.39, 0.29) is 0 Å². The standard InChI is InChI=1S/C10H15NO7/c1-9(2,3)17-8(14)11-10(18-11,6(12)15-4)7(13)16-5/h1-5H3. The third-order valence-corrected chi connectivity index (χ3v) is 1.96. The molecule has 0 unspecified atom stereocenters. The molecule has 8 heteroatoms. The van der Waals surface area contributed by atoms with Crippen LogP contribution in [0.25, 0.3) is 0 Å². The third-order valence-electron chi connectivity index (χ3n) is 1.96. The fraction of sp³-hybridized carbons (Fsp3) is 0.700. The van der Waals surface area contributed by atoms with Crippen molar-refractivity contribution in [2.75, 3.05) is 14.2 Å². The molecular weight excluding hydrogens is 246 g/mol. The molecule has 1 heterocycles. The van der Waals surface area contributed by atoms with Crippen molar-refractivity contribution in [2.45, 2.75) is 32.1 Å². The molecule has 1 aliphatic rings. The van der Waals surface area contributed by atoms with Gasteiger partial charge in [-0.1, -0.05) is 0 Å². The maximum Gasteiger partial charge on any atom is 0.438 e. The number of esters is 2. The van der Waals surface area contributed by atoms with Crippen LogP contribution in [0.2, 0.25) is 0 Å². The second-order valence-electron chi connectivity index (χ2n) is 4.49. The molecule has 8 nitrogen and oxygen atoms in total. The lowest BCUT2D eigenvalue weighted by Crippen LogP contribution is -2.42. The molecular formula is C10H15NO7. The third kappa shape index (κ3) is 2.37. The second-order valence-corrected chi connectivity index (χ2v) is 4.49. The fourth-order valence-electron chi connectivity index (χ4n) is 1.18. The molecule has 0 aromatic carbocycles. The van der Waals surface area contributed by atoms with Crippen molar-refractivity contribution in [1.82, 2.24) is 5.06 Å². The van der Waals surface area contributed by atoms with E-state index in [9.17, 15) is 14.4 Å². The highest BCUT2D eigenvalue weighted by molar-refractivity contribution is 6.07. The molecule has 102 valence electrons. The van der Waals surface area contributed by atoms with E-state index in [1.165, 1.54) is 0 Å². The summed E-state index contributed by atoms with van der Waals surface area (Å²) in [6, 6.07) is 0. The van der Waals surface area contributed by atoms with Crippen LogP contribution in [0, 0.1) is 0 Å². The van der Waals surface area contributed by atoms with Gasteiger partial charge in [0.15, 0.2) is 0 Å². The molecule has 1 amide bonds. The minimum absolute atomic E-state index is 0.482. The first kappa shape index (κ1) is 14.2. The summed E-state index contributed by atoms with van der Waals surface area (Å²) in [6.45, 7) is 4.89. The smallest absolute Gasteiger partial charge is 0.438 e. The lowest BCUT2D eigenvalue weighted by atomic mass is 10.2. The van der Waals surface area contributed by atoms with Gasteiger partial charge in [0.2, 0.25) is 0 Å². The van der Waals surface area contributed by atoms with Gasteiger partial charge < -0.3 is 14.2 Å². The van der Waals surface area contributed by atoms with E-state index >= 15 is 0 Å². The van der Waals surface area contributed by atoms with Crippen molar-refractivity contribution >= 4 is 18.0 Å². The van der Waals surface area contributed by atoms with Crippen LogP contribution >= 0.6 is 0 Å². The summed E-state index contributed by atoms with van der Waals surface area (Å²) in [6.07, 6.45) is -0.974. The lowest BCUT2D eigenvalue weighted by Gasteiger charge is -2.19. The minimum Gasteiger partial charge on any atom is -0.465 e. The maximum atomic E-state index is 11.6. The Labute approximate surface area is 104 Å². The van der Waals surface area contributed by atoms with Crippen LogP contribution in [-0.4, -0.2) is 48.6 Å². The Bertz CT molecular complexity index is 368. The zero-order chi connectivity index (χ0) is 14.1. The number of hydrogen-bond donors (Lipinski definition) is 0. The van der Waals surface area contributed by atoms with Crippen molar-refractivity contribution in [3.63, 3.8) is 0 Å². The van der Waals surface area contributed by atoms with Crippen molar-refractivity contribution in [3.8, 4) is 0 Å². The quantitative estimate of drug-likeness (QED) is 0.303. The second kappa shape index (κ2) is 4.45. The number of rotatable bonds is 2. The molecule has 1 rings (SSSR count). The number of ether oxygens (including phenoxy) is 3. The van der Waals surface area contributed by atoms with Gasteiger partial charge >= 0.3 is 23.8 Å². The van der Waals surface area contributed by atoms with E-state index in [1.807, 2.05) is 0 Å². The number of amides is 1. The summed E-state index contributed by atoms with van der Waals surface area (Å²) in [7, 11) is 2.12. The summed E-state index contributed by atoms with van der Waals surface area (Å²) < 4.78 is 13.7. The summed E-state index contributed by atoms with van der Waals surface area (Å²) >= 11 is 0. The van der Waals surface area contributed by atoms with Crippen LogP contribution in [0.3, 0.4) is 0 Å². The number of carbonyl (C=O) groups is 3. The Morgan fingerprint density at radius 1 is 1.06 bits per heavy atom. The van der Waals surface area contributed by atoms with E-state index < -0.39 is 29.4 Å². The highest BCUT2D eigenvalue weighted by Crippen LogP contribution is 2.38. The SMILES string of the molecule is COC(=O)C1(C(=O)OC)ON1C(=O)OC(C)(C)C. The van der Waals surface area contributed by atoms with Crippen LogP contribution in [0.1, 0.15) is 20.8 Å². The van der Waals surface area contributed by atoms with Crippen molar-refractivity contribution in [3.05, 3.63) is 0 Å². The average molecular weight is 261 g/mol. The molecule has 0 N–H and O–H groups in total. The van der Waals surface area contributed by atoms with E-state index in [2.05, 4.69) is 9.47 Å². The van der Waals surface area contributed by atoms with Gasteiger partial charge in [-0.3, -0.25) is 0 Å². The molecule has 0 atom stereocenters. The van der Waals surface area contributed by atoms with Crippen LogP contribution in [0.15, 0.2) is 0 Å². The predicted octanol–water partition coefficient (Wildman–Crippen LogP) is 0.211. The topological polar surface area (TPSA) is 94.4 Å². The highest BCUT2D eigenvalue weighted by Gasteiger charge is 2.74. The van der Waals surface area contributed by atoms with Crippen LogP contribution < -0.4 is 0 Å². The molecule has 1 saturated heterocycles. The molecule has 1 aliphatic heterocycles. The summed E-state index contributed by atoms with van der Waals surface area (Å²) in [5.41, 5.74) is -2.98. The Hall–Kier alpha value is -1.83. The Balaban J connectivity index is 2.86. The molecule has 0 spiro atoms. The number of methoxy groups -OCH3 is 2. The van der Waals surface area contributed by atoms with E-state index in [0.29, 0.717) is 5.06 Å². The Morgan fingerprint density at radius 2 is 1.50 bits per heavy atom. The van der Waals surface area contributed by atoms with E-state index in [4.69, 9.17) is 9.57 Å². The lowest BCUT2D eigenvalue weighted by molar-refractivity contribution is -0.161. The summed E-state index contributed by atoms with van der Waals surface area (Å²) in [4.78, 5) is 39.3. The number of carbonyl (C=O) groups excluding carboxylic acids is 3. The molecule has 0 aliphatic carbocycles.